The average molecular weight is 564 g/mol. The van der Waals surface area contributed by atoms with Crippen LogP contribution < -0.4 is 10.9 Å². The first-order valence-electron chi connectivity index (χ1n) is 11.0. The fourth-order valence-electron chi connectivity index (χ4n) is 4.06. The molecule has 0 aliphatic rings. The molecule has 2 heterocycles. The molecule has 2 N–H and O–H groups in total. The first-order valence-corrected chi connectivity index (χ1v) is 11.8. The Morgan fingerprint density at radius 2 is 1.76 bits per heavy atom. The first kappa shape index (κ1) is 27.2. The molecule has 0 spiro atoms. The van der Waals surface area contributed by atoms with Gasteiger partial charge in [0.15, 0.2) is 0 Å². The van der Waals surface area contributed by atoms with Gasteiger partial charge in [0.25, 0.3) is 11.5 Å². The van der Waals surface area contributed by atoms with E-state index in [-0.39, 0.29) is 38.7 Å². The summed E-state index contributed by atoms with van der Waals surface area (Å²) in [6.07, 6.45) is -2.76. The number of amides is 1. The Hall–Kier alpha value is -3.89. The fourth-order valence-corrected chi connectivity index (χ4v) is 4.62. The number of hydrogen-bond donors (Lipinski definition) is 2. The van der Waals surface area contributed by atoms with E-state index in [0.717, 1.165) is 10.6 Å². The Kier molecular flexibility index (Phi) is 7.48. The number of fused-ring (bicyclic) bond motifs is 1. The van der Waals surface area contributed by atoms with Gasteiger partial charge in [-0.05, 0) is 35.4 Å². The van der Waals surface area contributed by atoms with Crippen LogP contribution in [0, 0.1) is 0 Å². The number of hydrogen-bond acceptors (Lipinski definition) is 4. The second-order valence-electron chi connectivity index (χ2n) is 8.39. The van der Waals surface area contributed by atoms with Crippen molar-refractivity contribution in [3.63, 3.8) is 0 Å². The normalized spacial score (nSPS) is 12.4. The standard InChI is InChI=1S/C26H18Cl2F3N3O4/c1-34-12-14(26(29,30)31)11-17(24(34)36)15-8-7-13(22-16(15)4-3-9-32-22)10-20(25(37)38)33-23(35)21-18(27)5-2-6-19(21)28/h2-9,11-12,20H,10H2,1H3,(H,33,35)(H,37,38)/t20-/m0/s1. The third kappa shape index (κ3) is 5.36. The lowest BCUT2D eigenvalue weighted by Crippen LogP contribution is -2.42. The zero-order valence-corrected chi connectivity index (χ0v) is 21.0. The molecular formula is C26H18Cl2F3N3O4. The Balaban J connectivity index is 1.76. The number of aromatic nitrogens is 2. The molecule has 0 bridgehead atoms. The smallest absolute Gasteiger partial charge is 0.417 e. The van der Waals surface area contributed by atoms with Crippen molar-refractivity contribution in [3.05, 3.63) is 98.0 Å². The van der Waals surface area contributed by atoms with E-state index in [4.69, 9.17) is 23.2 Å². The number of nitrogens with zero attached hydrogens (tertiary/aromatic N) is 2. The highest BCUT2D eigenvalue weighted by atomic mass is 35.5. The molecule has 1 amide bonds. The Bertz CT molecular complexity index is 1620. The quantitative estimate of drug-likeness (QED) is 0.329. The topological polar surface area (TPSA) is 101 Å². The summed E-state index contributed by atoms with van der Waals surface area (Å²) in [6.45, 7) is 0. The predicted octanol–water partition coefficient (Wildman–Crippen LogP) is 5.35. The summed E-state index contributed by atoms with van der Waals surface area (Å²) >= 11 is 12.1. The third-order valence-electron chi connectivity index (χ3n) is 5.87. The van der Waals surface area contributed by atoms with Crippen molar-refractivity contribution in [2.45, 2.75) is 18.6 Å². The van der Waals surface area contributed by atoms with E-state index >= 15 is 0 Å². The van der Waals surface area contributed by atoms with E-state index in [2.05, 4.69) is 10.3 Å². The van der Waals surface area contributed by atoms with Crippen molar-refractivity contribution < 1.29 is 27.9 Å². The molecule has 0 saturated carbocycles. The number of nitrogens with one attached hydrogen (secondary N) is 1. The largest absolute Gasteiger partial charge is 0.480 e. The molecule has 1 atom stereocenters. The number of carboxylic acid groups (broad SMARTS) is 1. The number of aliphatic carboxylic acids is 1. The number of carboxylic acids is 1. The minimum atomic E-state index is -4.67. The van der Waals surface area contributed by atoms with Gasteiger partial charge in [-0.2, -0.15) is 13.2 Å². The van der Waals surface area contributed by atoms with Crippen LogP contribution in [0.3, 0.4) is 0 Å². The fraction of sp³-hybridized carbons (Fsp3) is 0.154. The predicted molar refractivity (Wildman–Crippen MR) is 136 cm³/mol. The van der Waals surface area contributed by atoms with Gasteiger partial charge in [-0.25, -0.2) is 4.79 Å². The minimum Gasteiger partial charge on any atom is -0.480 e. The van der Waals surface area contributed by atoms with Crippen LogP contribution >= 0.6 is 23.2 Å². The molecule has 0 fully saturated rings. The average Bonchev–Trinajstić information content (AvgIpc) is 2.84. The van der Waals surface area contributed by atoms with Gasteiger partial charge in [-0.15, -0.1) is 0 Å². The summed E-state index contributed by atoms with van der Waals surface area (Å²) in [5.74, 6) is -2.14. The van der Waals surface area contributed by atoms with Crippen LogP contribution in [-0.4, -0.2) is 32.6 Å². The number of carbonyl (C=O) groups is 2. The van der Waals surface area contributed by atoms with Crippen molar-refractivity contribution in [2.75, 3.05) is 0 Å². The molecule has 196 valence electrons. The van der Waals surface area contributed by atoms with Crippen LogP contribution in [0.4, 0.5) is 13.2 Å². The Labute approximate surface area is 223 Å². The highest BCUT2D eigenvalue weighted by molar-refractivity contribution is 6.39. The molecule has 2 aromatic heterocycles. The lowest BCUT2D eigenvalue weighted by Gasteiger charge is -2.18. The Morgan fingerprint density at radius 3 is 2.39 bits per heavy atom. The van der Waals surface area contributed by atoms with Crippen molar-refractivity contribution >= 4 is 46.0 Å². The zero-order chi connectivity index (χ0) is 27.8. The van der Waals surface area contributed by atoms with Crippen molar-refractivity contribution in [1.29, 1.82) is 0 Å². The van der Waals surface area contributed by atoms with Crippen LogP contribution in [0.5, 0.6) is 0 Å². The van der Waals surface area contributed by atoms with Gasteiger partial charge in [0.2, 0.25) is 0 Å². The number of carbonyl (C=O) groups excluding carboxylic acids is 1. The molecule has 4 rings (SSSR count). The minimum absolute atomic E-state index is 0.0401. The van der Waals surface area contributed by atoms with Gasteiger partial charge < -0.3 is 15.0 Å². The lowest BCUT2D eigenvalue weighted by molar-refractivity contribution is -0.139. The van der Waals surface area contributed by atoms with Crippen LogP contribution in [0.2, 0.25) is 10.0 Å². The SMILES string of the molecule is Cn1cc(C(F)(F)F)cc(-c2ccc(C[C@H](NC(=O)c3c(Cl)cccc3Cl)C(=O)O)c3ncccc23)c1=O. The first-order chi connectivity index (χ1) is 17.9. The summed E-state index contributed by atoms with van der Waals surface area (Å²) in [5.41, 5.74) is -1.08. The number of rotatable bonds is 6. The third-order valence-corrected chi connectivity index (χ3v) is 6.50. The monoisotopic (exact) mass is 563 g/mol. The molecule has 4 aromatic rings. The summed E-state index contributed by atoms with van der Waals surface area (Å²) in [4.78, 5) is 41.9. The molecule has 7 nitrogen and oxygen atoms in total. The van der Waals surface area contributed by atoms with Crippen LogP contribution in [0.15, 0.2) is 65.7 Å². The van der Waals surface area contributed by atoms with Crippen molar-refractivity contribution in [2.24, 2.45) is 7.05 Å². The number of benzene rings is 2. The van der Waals surface area contributed by atoms with E-state index in [1.54, 1.807) is 12.1 Å². The van der Waals surface area contributed by atoms with Crippen molar-refractivity contribution in [1.82, 2.24) is 14.9 Å². The van der Waals surface area contributed by atoms with E-state index in [1.807, 2.05) is 0 Å². The summed E-state index contributed by atoms with van der Waals surface area (Å²) in [7, 11) is 1.22. The summed E-state index contributed by atoms with van der Waals surface area (Å²) in [5, 5.41) is 12.6. The van der Waals surface area contributed by atoms with Crippen molar-refractivity contribution in [3.8, 4) is 11.1 Å². The van der Waals surface area contributed by atoms with E-state index in [1.165, 1.54) is 43.6 Å². The second-order valence-corrected chi connectivity index (χ2v) is 9.21. The molecular weight excluding hydrogens is 546 g/mol. The van der Waals surface area contributed by atoms with Crippen LogP contribution in [0.25, 0.3) is 22.0 Å². The van der Waals surface area contributed by atoms with Gasteiger partial charge in [0.1, 0.15) is 6.04 Å². The van der Waals surface area contributed by atoms with E-state index in [9.17, 15) is 32.7 Å². The molecule has 0 aliphatic heterocycles. The van der Waals surface area contributed by atoms with Gasteiger partial charge in [-0.3, -0.25) is 14.6 Å². The number of alkyl halides is 3. The number of pyridine rings is 2. The summed E-state index contributed by atoms with van der Waals surface area (Å²) < 4.78 is 41.2. The molecule has 0 unspecified atom stereocenters. The highest BCUT2D eigenvalue weighted by Gasteiger charge is 2.32. The maximum absolute atomic E-state index is 13.4. The van der Waals surface area contributed by atoms with Crippen LogP contribution in [-0.2, 0) is 24.4 Å². The molecule has 0 saturated heterocycles. The maximum atomic E-state index is 13.4. The van der Waals surface area contributed by atoms with Gasteiger partial charge in [0, 0.05) is 36.8 Å². The molecule has 38 heavy (non-hydrogen) atoms. The van der Waals surface area contributed by atoms with Gasteiger partial charge >= 0.3 is 12.1 Å². The molecule has 12 heteroatoms. The molecule has 0 radical (unpaired) electrons. The second kappa shape index (κ2) is 10.5. The Morgan fingerprint density at radius 1 is 1.08 bits per heavy atom. The zero-order valence-electron chi connectivity index (χ0n) is 19.5. The highest BCUT2D eigenvalue weighted by Crippen LogP contribution is 2.34. The molecule has 2 aromatic carbocycles. The summed E-state index contributed by atoms with van der Waals surface area (Å²) in [6, 6.07) is 9.77. The number of halogens is 5. The van der Waals surface area contributed by atoms with E-state index < -0.39 is 35.2 Å². The van der Waals surface area contributed by atoms with Crippen LogP contribution in [0.1, 0.15) is 21.5 Å². The number of aryl methyl sites for hydroxylation is 1. The van der Waals surface area contributed by atoms with E-state index in [0.29, 0.717) is 17.1 Å². The molecule has 0 aliphatic carbocycles. The maximum Gasteiger partial charge on any atom is 0.417 e. The van der Waals surface area contributed by atoms with Gasteiger partial charge in [0.05, 0.1) is 26.7 Å². The van der Waals surface area contributed by atoms with Gasteiger partial charge in [-0.1, -0.05) is 47.5 Å². The lowest BCUT2D eigenvalue weighted by atomic mass is 9.95.